The van der Waals surface area contributed by atoms with Crippen molar-refractivity contribution in [3.8, 4) is 0 Å². The first-order valence-electron chi connectivity index (χ1n) is 5.89. The molecule has 5 heteroatoms. The first-order chi connectivity index (χ1) is 8.06. The van der Waals surface area contributed by atoms with Gasteiger partial charge < -0.3 is 9.80 Å². The monoisotopic (exact) mass is 234 g/mol. The van der Waals surface area contributed by atoms with E-state index in [9.17, 15) is 4.79 Å². The molecule has 2 heterocycles. The number of nitrogens with zero attached hydrogens (tertiary/aromatic N) is 4. The molecule has 0 N–H and O–H groups in total. The van der Waals surface area contributed by atoms with Crippen molar-refractivity contribution in [1.29, 1.82) is 0 Å². The third-order valence-electron chi connectivity index (χ3n) is 3.00. The average Bonchev–Trinajstić information content (AvgIpc) is 2.28. The molecule has 0 bridgehead atoms. The van der Waals surface area contributed by atoms with Crippen LogP contribution in [0.15, 0.2) is 6.07 Å². The maximum absolute atomic E-state index is 11.2. The lowest BCUT2D eigenvalue weighted by atomic mass is 10.3. The lowest BCUT2D eigenvalue weighted by Crippen LogP contribution is -2.48. The largest absolute Gasteiger partial charge is 0.353 e. The van der Waals surface area contributed by atoms with E-state index in [-0.39, 0.29) is 5.91 Å². The van der Waals surface area contributed by atoms with E-state index >= 15 is 0 Å². The molecule has 1 aliphatic rings. The van der Waals surface area contributed by atoms with Crippen LogP contribution in [-0.2, 0) is 4.79 Å². The van der Waals surface area contributed by atoms with Crippen molar-refractivity contribution in [3.05, 3.63) is 17.6 Å². The maximum Gasteiger partial charge on any atom is 0.219 e. The molecule has 2 rings (SSSR count). The van der Waals surface area contributed by atoms with E-state index in [4.69, 9.17) is 0 Å². The van der Waals surface area contributed by atoms with Crippen LogP contribution < -0.4 is 4.90 Å². The number of aromatic nitrogens is 2. The van der Waals surface area contributed by atoms with Crippen LogP contribution >= 0.6 is 0 Å². The van der Waals surface area contributed by atoms with E-state index in [1.165, 1.54) is 0 Å². The summed E-state index contributed by atoms with van der Waals surface area (Å²) in [6, 6.07) is 2.00. The molecule has 5 nitrogen and oxygen atoms in total. The first kappa shape index (κ1) is 11.8. The van der Waals surface area contributed by atoms with Gasteiger partial charge >= 0.3 is 0 Å². The second kappa shape index (κ2) is 4.69. The highest BCUT2D eigenvalue weighted by Gasteiger charge is 2.19. The molecule has 17 heavy (non-hydrogen) atoms. The van der Waals surface area contributed by atoms with E-state index < -0.39 is 0 Å². The Morgan fingerprint density at radius 2 is 1.82 bits per heavy atom. The lowest BCUT2D eigenvalue weighted by molar-refractivity contribution is -0.129. The zero-order chi connectivity index (χ0) is 12.4. The summed E-state index contributed by atoms with van der Waals surface area (Å²) in [4.78, 5) is 24.0. The quantitative estimate of drug-likeness (QED) is 0.720. The minimum atomic E-state index is 0.152. The summed E-state index contributed by atoms with van der Waals surface area (Å²) in [5.41, 5.74) is 0.987. The molecule has 1 amide bonds. The molecule has 1 saturated heterocycles. The predicted octanol–water partition coefficient (Wildman–Crippen LogP) is 0.762. The van der Waals surface area contributed by atoms with Crippen molar-refractivity contribution in [2.24, 2.45) is 0 Å². The van der Waals surface area contributed by atoms with Gasteiger partial charge in [-0.1, -0.05) is 0 Å². The molecule has 0 unspecified atom stereocenters. The van der Waals surface area contributed by atoms with E-state index in [0.717, 1.165) is 43.5 Å². The molecule has 1 aliphatic heterocycles. The van der Waals surface area contributed by atoms with Crippen LogP contribution in [0.1, 0.15) is 18.4 Å². The van der Waals surface area contributed by atoms with E-state index in [1.54, 1.807) is 6.92 Å². The van der Waals surface area contributed by atoms with Crippen molar-refractivity contribution >= 4 is 11.7 Å². The van der Waals surface area contributed by atoms with Gasteiger partial charge in [0.05, 0.1) is 0 Å². The number of piperazine rings is 1. The predicted molar refractivity (Wildman–Crippen MR) is 66.0 cm³/mol. The lowest BCUT2D eigenvalue weighted by Gasteiger charge is -2.35. The zero-order valence-electron chi connectivity index (χ0n) is 10.6. The summed E-state index contributed by atoms with van der Waals surface area (Å²) in [5.74, 6) is 1.92. The van der Waals surface area contributed by atoms with Crippen molar-refractivity contribution in [2.75, 3.05) is 31.1 Å². The van der Waals surface area contributed by atoms with Crippen molar-refractivity contribution in [3.63, 3.8) is 0 Å². The van der Waals surface area contributed by atoms with Gasteiger partial charge in [0.2, 0.25) is 5.91 Å². The van der Waals surface area contributed by atoms with E-state index in [0.29, 0.717) is 0 Å². The Morgan fingerprint density at radius 1 is 1.18 bits per heavy atom. The minimum absolute atomic E-state index is 0.152. The number of aryl methyl sites for hydroxylation is 2. The average molecular weight is 234 g/mol. The summed E-state index contributed by atoms with van der Waals surface area (Å²) in [7, 11) is 0. The molecular weight excluding hydrogens is 216 g/mol. The fourth-order valence-electron chi connectivity index (χ4n) is 2.11. The van der Waals surface area contributed by atoms with Crippen molar-refractivity contribution in [2.45, 2.75) is 20.8 Å². The fraction of sp³-hybridized carbons (Fsp3) is 0.583. The molecular formula is C12H18N4O. The molecule has 0 atom stereocenters. The third kappa shape index (κ3) is 2.72. The molecule has 1 aromatic heterocycles. The summed E-state index contributed by atoms with van der Waals surface area (Å²) < 4.78 is 0. The minimum Gasteiger partial charge on any atom is -0.353 e. The highest BCUT2D eigenvalue weighted by Crippen LogP contribution is 2.14. The summed E-state index contributed by atoms with van der Waals surface area (Å²) in [6.07, 6.45) is 0. The molecule has 0 radical (unpaired) electrons. The second-order valence-corrected chi connectivity index (χ2v) is 4.41. The summed E-state index contributed by atoms with van der Waals surface area (Å²) in [6.45, 7) is 8.74. The van der Waals surface area contributed by atoms with Gasteiger partial charge in [0.1, 0.15) is 11.6 Å². The van der Waals surface area contributed by atoms with Crippen LogP contribution in [0.3, 0.4) is 0 Å². The number of amides is 1. The Labute approximate surface area is 101 Å². The number of anilines is 1. The molecule has 0 aliphatic carbocycles. The Bertz CT molecular complexity index is 404. The summed E-state index contributed by atoms with van der Waals surface area (Å²) >= 11 is 0. The van der Waals surface area contributed by atoms with Crippen LogP contribution in [0, 0.1) is 13.8 Å². The second-order valence-electron chi connectivity index (χ2n) is 4.41. The van der Waals surface area contributed by atoms with E-state index in [1.807, 2.05) is 24.8 Å². The van der Waals surface area contributed by atoms with Gasteiger partial charge in [0.15, 0.2) is 0 Å². The number of carbonyl (C=O) groups excluding carboxylic acids is 1. The highest BCUT2D eigenvalue weighted by molar-refractivity contribution is 5.73. The fourth-order valence-corrected chi connectivity index (χ4v) is 2.11. The summed E-state index contributed by atoms with van der Waals surface area (Å²) in [5, 5.41) is 0. The standard InChI is InChI=1S/C12H18N4O/c1-9-8-12(14-10(2)13-9)16-6-4-15(5-7-16)11(3)17/h8H,4-7H2,1-3H3. The van der Waals surface area contributed by atoms with Crippen LogP contribution in [0.2, 0.25) is 0 Å². The highest BCUT2D eigenvalue weighted by atomic mass is 16.2. The van der Waals surface area contributed by atoms with Gasteiger partial charge in [0, 0.05) is 44.9 Å². The third-order valence-corrected chi connectivity index (χ3v) is 3.00. The van der Waals surface area contributed by atoms with Crippen LogP contribution in [0.5, 0.6) is 0 Å². The van der Waals surface area contributed by atoms with Gasteiger partial charge in [-0.15, -0.1) is 0 Å². The SMILES string of the molecule is CC(=O)N1CCN(c2cc(C)nc(C)n2)CC1. The van der Waals surface area contributed by atoms with Crippen molar-refractivity contribution in [1.82, 2.24) is 14.9 Å². The number of hydrogen-bond acceptors (Lipinski definition) is 4. The van der Waals surface area contributed by atoms with Crippen molar-refractivity contribution < 1.29 is 4.79 Å². The number of carbonyl (C=O) groups is 1. The molecule has 92 valence electrons. The Kier molecular flexibility index (Phi) is 3.26. The number of rotatable bonds is 1. The van der Waals surface area contributed by atoms with E-state index in [2.05, 4.69) is 14.9 Å². The van der Waals surface area contributed by atoms with Gasteiger partial charge in [-0.3, -0.25) is 4.79 Å². The topological polar surface area (TPSA) is 49.3 Å². The van der Waals surface area contributed by atoms with Gasteiger partial charge in [-0.05, 0) is 13.8 Å². The van der Waals surface area contributed by atoms with Crippen LogP contribution in [0.4, 0.5) is 5.82 Å². The molecule has 1 aromatic rings. The smallest absolute Gasteiger partial charge is 0.219 e. The van der Waals surface area contributed by atoms with Gasteiger partial charge in [0.25, 0.3) is 0 Å². The normalized spacial score (nSPS) is 16.2. The molecule has 0 aromatic carbocycles. The van der Waals surface area contributed by atoms with Crippen LogP contribution in [0.25, 0.3) is 0 Å². The molecule has 0 saturated carbocycles. The molecule has 1 fully saturated rings. The van der Waals surface area contributed by atoms with Crippen LogP contribution in [-0.4, -0.2) is 47.0 Å². The number of hydrogen-bond donors (Lipinski definition) is 0. The first-order valence-corrected chi connectivity index (χ1v) is 5.89. The molecule has 0 spiro atoms. The van der Waals surface area contributed by atoms with Gasteiger partial charge in [-0.2, -0.15) is 0 Å². The van der Waals surface area contributed by atoms with Gasteiger partial charge in [-0.25, -0.2) is 9.97 Å². The Balaban J connectivity index is 2.07. The Morgan fingerprint density at radius 3 is 2.35 bits per heavy atom. The maximum atomic E-state index is 11.2. The Hall–Kier alpha value is -1.65. The zero-order valence-corrected chi connectivity index (χ0v) is 10.6.